The maximum Gasteiger partial charge on any atom is 0.227 e. The number of carbonyl (C=O) groups is 1. The van der Waals surface area contributed by atoms with Gasteiger partial charge in [0, 0.05) is 19.0 Å². The third-order valence-corrected chi connectivity index (χ3v) is 3.76. The first-order chi connectivity index (χ1) is 9.25. The Morgan fingerprint density at radius 2 is 1.35 bits per heavy atom. The second-order valence-electron chi connectivity index (χ2n) is 7.63. The first-order valence-corrected chi connectivity index (χ1v) is 8.50. The van der Waals surface area contributed by atoms with Crippen LogP contribution in [0.1, 0.15) is 86.0 Å². The van der Waals surface area contributed by atoms with Crippen molar-refractivity contribution in [2.24, 2.45) is 11.3 Å². The number of amides is 1. The van der Waals surface area contributed by atoms with E-state index in [0.717, 1.165) is 18.9 Å². The second kappa shape index (κ2) is 10.2. The van der Waals surface area contributed by atoms with E-state index in [1.165, 1.54) is 44.9 Å². The Kier molecular flexibility index (Phi) is 9.96. The second-order valence-corrected chi connectivity index (χ2v) is 7.63. The highest BCUT2D eigenvalue weighted by Crippen LogP contribution is 2.17. The van der Waals surface area contributed by atoms with Crippen molar-refractivity contribution in [3.8, 4) is 0 Å². The van der Waals surface area contributed by atoms with Gasteiger partial charge in [-0.3, -0.25) is 4.79 Å². The zero-order chi connectivity index (χ0) is 15.6. The SMILES string of the molecule is CC(C)CCCCCCCCCN(C)C(=O)C(C)(C)C. The van der Waals surface area contributed by atoms with Gasteiger partial charge in [-0.05, 0) is 12.3 Å². The van der Waals surface area contributed by atoms with E-state index in [1.54, 1.807) is 0 Å². The molecule has 0 rings (SSSR count). The molecule has 0 fully saturated rings. The Balaban J connectivity index is 3.42. The van der Waals surface area contributed by atoms with Crippen LogP contribution in [0.25, 0.3) is 0 Å². The zero-order valence-corrected chi connectivity index (χ0v) is 14.8. The van der Waals surface area contributed by atoms with Crippen molar-refractivity contribution in [2.45, 2.75) is 86.0 Å². The summed E-state index contributed by atoms with van der Waals surface area (Å²) in [6, 6.07) is 0. The van der Waals surface area contributed by atoms with Gasteiger partial charge in [-0.1, -0.05) is 79.6 Å². The molecule has 0 aromatic rings. The Bertz CT molecular complexity index is 253. The van der Waals surface area contributed by atoms with Crippen molar-refractivity contribution >= 4 is 5.91 Å². The number of unbranched alkanes of at least 4 members (excludes halogenated alkanes) is 6. The number of rotatable bonds is 10. The van der Waals surface area contributed by atoms with Crippen LogP contribution >= 0.6 is 0 Å². The summed E-state index contributed by atoms with van der Waals surface area (Å²) in [6.07, 6.45) is 10.6. The lowest BCUT2D eigenvalue weighted by Gasteiger charge is -2.25. The molecule has 2 nitrogen and oxygen atoms in total. The van der Waals surface area contributed by atoms with E-state index >= 15 is 0 Å². The molecule has 0 heterocycles. The molecule has 0 radical (unpaired) electrons. The van der Waals surface area contributed by atoms with Crippen molar-refractivity contribution in [3.63, 3.8) is 0 Å². The van der Waals surface area contributed by atoms with E-state index < -0.39 is 0 Å². The molecule has 0 spiro atoms. The molecule has 0 aliphatic heterocycles. The normalized spacial score (nSPS) is 11.9. The van der Waals surface area contributed by atoms with Crippen molar-refractivity contribution in [3.05, 3.63) is 0 Å². The van der Waals surface area contributed by atoms with Crippen LogP contribution in [0.4, 0.5) is 0 Å². The van der Waals surface area contributed by atoms with Gasteiger partial charge in [0.15, 0.2) is 0 Å². The predicted molar refractivity (Wildman–Crippen MR) is 88.9 cm³/mol. The minimum absolute atomic E-state index is 0.245. The molecule has 0 unspecified atom stereocenters. The summed E-state index contributed by atoms with van der Waals surface area (Å²) in [5, 5.41) is 0. The summed E-state index contributed by atoms with van der Waals surface area (Å²) in [4.78, 5) is 13.9. The molecule has 20 heavy (non-hydrogen) atoms. The molecule has 2 heteroatoms. The monoisotopic (exact) mass is 283 g/mol. The van der Waals surface area contributed by atoms with Crippen LogP contribution in [-0.4, -0.2) is 24.4 Å². The predicted octanol–water partition coefficient (Wildman–Crippen LogP) is 5.27. The molecule has 0 atom stereocenters. The maximum absolute atomic E-state index is 12.0. The fourth-order valence-electron chi connectivity index (χ4n) is 2.46. The highest BCUT2D eigenvalue weighted by Gasteiger charge is 2.24. The van der Waals surface area contributed by atoms with Crippen LogP contribution in [0.15, 0.2) is 0 Å². The lowest BCUT2D eigenvalue weighted by Crippen LogP contribution is -2.37. The summed E-state index contributed by atoms with van der Waals surface area (Å²) >= 11 is 0. The lowest BCUT2D eigenvalue weighted by atomic mass is 9.95. The molecule has 0 aliphatic carbocycles. The number of hydrogen-bond acceptors (Lipinski definition) is 1. The first-order valence-electron chi connectivity index (χ1n) is 8.50. The third-order valence-electron chi connectivity index (χ3n) is 3.76. The Morgan fingerprint density at radius 3 is 1.80 bits per heavy atom. The molecule has 0 aromatic heterocycles. The van der Waals surface area contributed by atoms with E-state index in [9.17, 15) is 4.79 Å². The largest absolute Gasteiger partial charge is 0.345 e. The molecular formula is C18H37NO. The molecule has 0 aliphatic rings. The molecular weight excluding hydrogens is 246 g/mol. The minimum Gasteiger partial charge on any atom is -0.345 e. The molecule has 0 saturated heterocycles. The van der Waals surface area contributed by atoms with E-state index in [0.29, 0.717) is 0 Å². The first kappa shape index (κ1) is 19.5. The molecule has 120 valence electrons. The van der Waals surface area contributed by atoms with Crippen LogP contribution in [0, 0.1) is 11.3 Å². The van der Waals surface area contributed by atoms with Gasteiger partial charge in [-0.15, -0.1) is 0 Å². The van der Waals surface area contributed by atoms with Gasteiger partial charge in [0.05, 0.1) is 0 Å². The van der Waals surface area contributed by atoms with Crippen LogP contribution in [0.3, 0.4) is 0 Å². The van der Waals surface area contributed by atoms with Gasteiger partial charge in [0.1, 0.15) is 0 Å². The van der Waals surface area contributed by atoms with Crippen molar-refractivity contribution in [1.82, 2.24) is 4.90 Å². The van der Waals surface area contributed by atoms with Crippen LogP contribution in [0.5, 0.6) is 0 Å². The summed E-state index contributed by atoms with van der Waals surface area (Å²) in [5.41, 5.74) is -0.245. The van der Waals surface area contributed by atoms with E-state index in [-0.39, 0.29) is 11.3 Å². The summed E-state index contributed by atoms with van der Waals surface area (Å²) in [6.45, 7) is 11.5. The quantitative estimate of drug-likeness (QED) is 0.500. The summed E-state index contributed by atoms with van der Waals surface area (Å²) < 4.78 is 0. The van der Waals surface area contributed by atoms with Crippen LogP contribution in [-0.2, 0) is 4.79 Å². The number of nitrogens with zero attached hydrogens (tertiary/aromatic N) is 1. The summed E-state index contributed by atoms with van der Waals surface area (Å²) in [7, 11) is 1.93. The smallest absolute Gasteiger partial charge is 0.227 e. The third kappa shape index (κ3) is 10.3. The Morgan fingerprint density at radius 1 is 0.900 bits per heavy atom. The molecule has 0 N–H and O–H groups in total. The molecule has 0 bridgehead atoms. The number of carbonyl (C=O) groups excluding carboxylic acids is 1. The van der Waals surface area contributed by atoms with E-state index in [1.807, 2.05) is 32.7 Å². The standard InChI is InChI=1S/C18H37NO/c1-16(2)14-12-10-8-7-9-11-13-15-19(6)17(20)18(3,4)5/h16H,7-15H2,1-6H3. The van der Waals surface area contributed by atoms with Crippen LogP contribution < -0.4 is 0 Å². The molecule has 0 saturated carbocycles. The zero-order valence-electron chi connectivity index (χ0n) is 14.8. The average Bonchev–Trinajstić information content (AvgIpc) is 2.34. The van der Waals surface area contributed by atoms with Crippen LogP contribution in [0.2, 0.25) is 0 Å². The molecule has 1 amide bonds. The van der Waals surface area contributed by atoms with Gasteiger partial charge >= 0.3 is 0 Å². The topological polar surface area (TPSA) is 20.3 Å². The van der Waals surface area contributed by atoms with Gasteiger partial charge in [0.2, 0.25) is 5.91 Å². The fourth-order valence-corrected chi connectivity index (χ4v) is 2.46. The van der Waals surface area contributed by atoms with Gasteiger partial charge in [0.25, 0.3) is 0 Å². The summed E-state index contributed by atoms with van der Waals surface area (Å²) in [5.74, 6) is 1.11. The lowest BCUT2D eigenvalue weighted by molar-refractivity contribution is -0.138. The maximum atomic E-state index is 12.0. The van der Waals surface area contributed by atoms with Gasteiger partial charge in [-0.2, -0.15) is 0 Å². The minimum atomic E-state index is -0.245. The highest BCUT2D eigenvalue weighted by atomic mass is 16.2. The Labute approximate surface area is 127 Å². The van der Waals surface area contributed by atoms with Crippen molar-refractivity contribution in [1.29, 1.82) is 0 Å². The van der Waals surface area contributed by atoms with Crippen molar-refractivity contribution < 1.29 is 4.79 Å². The van der Waals surface area contributed by atoms with Gasteiger partial charge < -0.3 is 4.90 Å². The molecule has 0 aromatic carbocycles. The average molecular weight is 284 g/mol. The van der Waals surface area contributed by atoms with Gasteiger partial charge in [-0.25, -0.2) is 0 Å². The highest BCUT2D eigenvalue weighted by molar-refractivity contribution is 5.81. The van der Waals surface area contributed by atoms with E-state index in [4.69, 9.17) is 0 Å². The number of hydrogen-bond donors (Lipinski definition) is 0. The van der Waals surface area contributed by atoms with Crippen molar-refractivity contribution in [2.75, 3.05) is 13.6 Å². The Hall–Kier alpha value is -0.530. The fraction of sp³-hybridized carbons (Fsp3) is 0.944. The van der Waals surface area contributed by atoms with E-state index in [2.05, 4.69) is 13.8 Å².